The molecule has 0 fully saturated rings. The van der Waals surface area contributed by atoms with E-state index in [4.69, 9.17) is 5.73 Å². The van der Waals surface area contributed by atoms with Crippen LogP contribution in [0.1, 0.15) is 11.5 Å². The molecule has 0 saturated carbocycles. The molecule has 4 rings (SSSR count). The minimum atomic E-state index is -0.180. The first-order valence-electron chi connectivity index (χ1n) is 7.16. The Hall–Kier alpha value is -3.22. The fourth-order valence-electron chi connectivity index (χ4n) is 2.78. The van der Waals surface area contributed by atoms with Crippen LogP contribution in [0.5, 0.6) is 0 Å². The highest BCUT2D eigenvalue weighted by Crippen LogP contribution is 2.18. The van der Waals surface area contributed by atoms with Gasteiger partial charge in [-0.05, 0) is 32.0 Å². The minimum Gasteiger partial charge on any atom is -0.397 e. The van der Waals surface area contributed by atoms with Crippen LogP contribution in [0.2, 0.25) is 0 Å². The number of nitrogens with two attached hydrogens (primary N) is 1. The van der Waals surface area contributed by atoms with E-state index >= 15 is 0 Å². The third-order valence-electron chi connectivity index (χ3n) is 3.82. The number of nitrogen functional groups attached to an aromatic ring is 1. The maximum Gasteiger partial charge on any atom is 0.266 e. The average molecular weight is 306 g/mol. The van der Waals surface area contributed by atoms with Crippen LogP contribution < -0.4 is 11.3 Å². The average Bonchev–Trinajstić information content (AvgIpc) is 2.88. The lowest BCUT2D eigenvalue weighted by Gasteiger charge is -2.11. The van der Waals surface area contributed by atoms with Crippen LogP contribution >= 0.6 is 0 Å². The number of para-hydroxylation sites is 2. The molecule has 0 bridgehead atoms. The fraction of sp³-hybridized carbons (Fsp3) is 0.125. The van der Waals surface area contributed by atoms with Crippen LogP contribution in [0.4, 0.5) is 5.69 Å². The molecule has 4 aromatic rings. The number of hydrogen-bond acceptors (Lipinski definition) is 5. The zero-order valence-electron chi connectivity index (χ0n) is 12.7. The standard InChI is InChI=1S/C16H14N6O/c1-9-14-13(22-16(18-9)19-10(2)20-22)7-8-21(15(14)23)12-6-4-3-5-11(12)17/h3-8H,17H2,1-2H3. The van der Waals surface area contributed by atoms with Crippen molar-refractivity contribution in [1.29, 1.82) is 0 Å². The Morgan fingerprint density at radius 2 is 1.87 bits per heavy atom. The molecule has 3 aromatic heterocycles. The van der Waals surface area contributed by atoms with Gasteiger partial charge in [0.2, 0.25) is 0 Å². The molecule has 7 heteroatoms. The Morgan fingerprint density at radius 3 is 2.65 bits per heavy atom. The Labute approximate surface area is 131 Å². The lowest BCUT2D eigenvalue weighted by Crippen LogP contribution is -2.21. The second-order valence-electron chi connectivity index (χ2n) is 5.38. The molecule has 0 unspecified atom stereocenters. The summed E-state index contributed by atoms with van der Waals surface area (Å²) < 4.78 is 3.12. The molecule has 0 spiro atoms. The third-order valence-corrected chi connectivity index (χ3v) is 3.82. The Kier molecular flexibility index (Phi) is 2.71. The number of nitrogens with zero attached hydrogens (tertiary/aromatic N) is 5. The molecular weight excluding hydrogens is 292 g/mol. The van der Waals surface area contributed by atoms with Gasteiger partial charge >= 0.3 is 0 Å². The van der Waals surface area contributed by atoms with E-state index in [9.17, 15) is 4.79 Å². The van der Waals surface area contributed by atoms with Crippen LogP contribution in [0.3, 0.4) is 0 Å². The lowest BCUT2D eigenvalue weighted by molar-refractivity contribution is 0.933. The van der Waals surface area contributed by atoms with Crippen LogP contribution in [-0.4, -0.2) is 24.1 Å². The highest BCUT2D eigenvalue weighted by molar-refractivity contribution is 5.82. The SMILES string of the molecule is Cc1nc2nc(C)c3c(=O)n(-c4ccccc4N)ccc3n2n1. The highest BCUT2D eigenvalue weighted by Gasteiger charge is 2.14. The number of rotatable bonds is 1. The van der Waals surface area contributed by atoms with Crippen molar-refractivity contribution in [2.24, 2.45) is 0 Å². The van der Waals surface area contributed by atoms with Crippen molar-refractivity contribution >= 4 is 22.4 Å². The second-order valence-corrected chi connectivity index (χ2v) is 5.38. The van der Waals surface area contributed by atoms with E-state index in [0.29, 0.717) is 39.6 Å². The zero-order chi connectivity index (χ0) is 16.1. The lowest BCUT2D eigenvalue weighted by atomic mass is 10.2. The van der Waals surface area contributed by atoms with Gasteiger partial charge in [-0.3, -0.25) is 9.36 Å². The maximum atomic E-state index is 13.0. The normalized spacial score (nSPS) is 11.4. The van der Waals surface area contributed by atoms with Crippen LogP contribution in [0.25, 0.3) is 22.4 Å². The Balaban J connectivity index is 2.14. The monoisotopic (exact) mass is 306 g/mol. The number of aryl methyl sites for hydroxylation is 2. The molecule has 3 heterocycles. The van der Waals surface area contributed by atoms with Gasteiger partial charge in [0.05, 0.1) is 28.0 Å². The first kappa shape index (κ1) is 13.4. The summed E-state index contributed by atoms with van der Waals surface area (Å²) in [6.07, 6.45) is 1.70. The summed E-state index contributed by atoms with van der Waals surface area (Å²) in [4.78, 5) is 21.6. The van der Waals surface area contributed by atoms with Crippen molar-refractivity contribution < 1.29 is 0 Å². The predicted molar refractivity (Wildman–Crippen MR) is 87.8 cm³/mol. The maximum absolute atomic E-state index is 13.0. The topological polar surface area (TPSA) is 91.1 Å². The number of fused-ring (bicyclic) bond motifs is 3. The molecule has 0 amide bonds. The van der Waals surface area contributed by atoms with Crippen molar-refractivity contribution in [2.75, 3.05) is 5.73 Å². The molecule has 0 saturated heterocycles. The van der Waals surface area contributed by atoms with E-state index in [1.807, 2.05) is 24.3 Å². The fourth-order valence-corrected chi connectivity index (χ4v) is 2.78. The molecule has 2 N–H and O–H groups in total. The predicted octanol–water partition coefficient (Wildman–Crippen LogP) is 1.63. The van der Waals surface area contributed by atoms with Crippen molar-refractivity contribution in [2.45, 2.75) is 13.8 Å². The molecular formula is C16H14N6O. The summed E-state index contributed by atoms with van der Waals surface area (Å²) in [6.45, 7) is 3.59. The van der Waals surface area contributed by atoms with E-state index in [1.54, 1.807) is 30.6 Å². The van der Waals surface area contributed by atoms with Crippen LogP contribution in [-0.2, 0) is 0 Å². The van der Waals surface area contributed by atoms with Crippen molar-refractivity contribution in [3.05, 3.63) is 58.4 Å². The Morgan fingerprint density at radius 1 is 1.09 bits per heavy atom. The summed E-state index contributed by atoms with van der Waals surface area (Å²) in [5.41, 5.74) is 8.30. The first-order valence-corrected chi connectivity index (χ1v) is 7.16. The number of hydrogen-bond donors (Lipinski definition) is 1. The van der Waals surface area contributed by atoms with Gasteiger partial charge in [-0.15, -0.1) is 5.10 Å². The molecule has 0 aliphatic carbocycles. The number of benzene rings is 1. The van der Waals surface area contributed by atoms with Gasteiger partial charge in [0, 0.05) is 6.20 Å². The molecule has 23 heavy (non-hydrogen) atoms. The molecule has 0 radical (unpaired) electrons. The largest absolute Gasteiger partial charge is 0.397 e. The molecule has 0 atom stereocenters. The van der Waals surface area contributed by atoms with E-state index in [2.05, 4.69) is 15.1 Å². The third kappa shape index (κ3) is 1.90. The van der Waals surface area contributed by atoms with E-state index in [-0.39, 0.29) is 5.56 Å². The van der Waals surface area contributed by atoms with E-state index in [0.717, 1.165) is 0 Å². The van der Waals surface area contributed by atoms with Crippen LogP contribution in [0, 0.1) is 13.8 Å². The van der Waals surface area contributed by atoms with Crippen molar-refractivity contribution in [3.63, 3.8) is 0 Å². The molecule has 7 nitrogen and oxygen atoms in total. The molecule has 114 valence electrons. The van der Waals surface area contributed by atoms with Gasteiger partial charge in [-0.25, -0.2) is 4.98 Å². The number of aromatic nitrogens is 5. The molecule has 0 aliphatic rings. The summed E-state index contributed by atoms with van der Waals surface area (Å²) in [5, 5.41) is 4.82. The van der Waals surface area contributed by atoms with Gasteiger partial charge < -0.3 is 5.73 Å². The molecule has 0 aliphatic heterocycles. The second kappa shape index (κ2) is 4.64. The summed E-state index contributed by atoms with van der Waals surface area (Å²) in [6, 6.07) is 9.08. The van der Waals surface area contributed by atoms with Gasteiger partial charge in [0.1, 0.15) is 5.82 Å². The summed E-state index contributed by atoms with van der Waals surface area (Å²) in [7, 11) is 0. The van der Waals surface area contributed by atoms with Gasteiger partial charge in [0.15, 0.2) is 0 Å². The Bertz CT molecular complexity index is 1120. The quantitative estimate of drug-likeness (QED) is 0.540. The number of anilines is 1. The zero-order valence-corrected chi connectivity index (χ0v) is 12.7. The number of pyridine rings is 1. The van der Waals surface area contributed by atoms with Crippen molar-refractivity contribution in [3.8, 4) is 5.69 Å². The van der Waals surface area contributed by atoms with Gasteiger partial charge in [-0.2, -0.15) is 9.50 Å². The van der Waals surface area contributed by atoms with Gasteiger partial charge in [-0.1, -0.05) is 12.1 Å². The van der Waals surface area contributed by atoms with Crippen molar-refractivity contribution in [1.82, 2.24) is 24.1 Å². The van der Waals surface area contributed by atoms with Crippen LogP contribution in [0.15, 0.2) is 41.3 Å². The first-order chi connectivity index (χ1) is 11.1. The van der Waals surface area contributed by atoms with E-state index < -0.39 is 0 Å². The highest BCUT2D eigenvalue weighted by atomic mass is 16.1. The molecule has 1 aromatic carbocycles. The smallest absolute Gasteiger partial charge is 0.266 e. The summed E-state index contributed by atoms with van der Waals surface area (Å²) in [5.74, 6) is 1.10. The summed E-state index contributed by atoms with van der Waals surface area (Å²) >= 11 is 0. The minimum absolute atomic E-state index is 0.180. The van der Waals surface area contributed by atoms with Gasteiger partial charge in [0.25, 0.3) is 11.3 Å². The van der Waals surface area contributed by atoms with E-state index in [1.165, 1.54) is 4.57 Å².